The van der Waals surface area contributed by atoms with Crippen molar-refractivity contribution in [1.82, 2.24) is 0 Å². The normalized spacial score (nSPS) is 23.1. The fourth-order valence-corrected chi connectivity index (χ4v) is 2.08. The molecule has 0 unspecified atom stereocenters. The van der Waals surface area contributed by atoms with Gasteiger partial charge in [-0.2, -0.15) is 0 Å². The van der Waals surface area contributed by atoms with Gasteiger partial charge >= 0.3 is 0 Å². The molecule has 1 fully saturated rings. The second-order valence-electron chi connectivity index (χ2n) is 4.41. The van der Waals surface area contributed by atoms with E-state index in [-0.39, 0.29) is 5.54 Å². The van der Waals surface area contributed by atoms with Crippen molar-refractivity contribution in [2.24, 2.45) is 10.7 Å². The molecule has 1 saturated carbocycles. The molecule has 0 amide bonds. The van der Waals surface area contributed by atoms with Crippen LogP contribution >= 0.6 is 0 Å². The van der Waals surface area contributed by atoms with Crippen LogP contribution in [0.4, 0.5) is 0 Å². The molecule has 13 heavy (non-hydrogen) atoms. The molecule has 0 heterocycles. The molecule has 0 aromatic heterocycles. The standard InChI is InChI=1S/C11H22N2/c1-3-7-10(12)13-11(2)8-5-4-6-9-11/h3-9H2,1-2H3,(H2,12,13). The van der Waals surface area contributed by atoms with Crippen molar-refractivity contribution in [1.29, 1.82) is 0 Å². The van der Waals surface area contributed by atoms with Gasteiger partial charge in [-0.3, -0.25) is 4.99 Å². The lowest BCUT2D eigenvalue weighted by Gasteiger charge is -2.30. The molecule has 2 nitrogen and oxygen atoms in total. The fourth-order valence-electron chi connectivity index (χ4n) is 2.08. The van der Waals surface area contributed by atoms with E-state index >= 15 is 0 Å². The first-order valence-corrected chi connectivity index (χ1v) is 5.50. The minimum absolute atomic E-state index is 0.164. The first-order chi connectivity index (χ1) is 6.16. The highest BCUT2D eigenvalue weighted by atomic mass is 14.9. The van der Waals surface area contributed by atoms with Crippen molar-refractivity contribution in [3.05, 3.63) is 0 Å². The second-order valence-corrected chi connectivity index (χ2v) is 4.41. The number of amidine groups is 1. The predicted octanol–water partition coefficient (Wildman–Crippen LogP) is 2.87. The first-order valence-electron chi connectivity index (χ1n) is 5.50. The summed E-state index contributed by atoms with van der Waals surface area (Å²) in [5.74, 6) is 0.854. The van der Waals surface area contributed by atoms with Crippen molar-refractivity contribution in [3.8, 4) is 0 Å². The highest BCUT2D eigenvalue weighted by Gasteiger charge is 2.25. The molecular weight excluding hydrogens is 160 g/mol. The molecule has 0 radical (unpaired) electrons. The summed E-state index contributed by atoms with van der Waals surface area (Å²) in [6, 6.07) is 0. The molecular formula is C11H22N2. The molecule has 1 rings (SSSR count). The van der Waals surface area contributed by atoms with Crippen LogP contribution in [0.15, 0.2) is 4.99 Å². The molecule has 2 N–H and O–H groups in total. The van der Waals surface area contributed by atoms with Crippen molar-refractivity contribution < 1.29 is 0 Å². The maximum absolute atomic E-state index is 5.85. The van der Waals surface area contributed by atoms with Crippen molar-refractivity contribution >= 4 is 5.84 Å². The minimum atomic E-state index is 0.164. The van der Waals surface area contributed by atoms with Gasteiger partial charge in [0.2, 0.25) is 0 Å². The topological polar surface area (TPSA) is 38.4 Å². The van der Waals surface area contributed by atoms with Crippen LogP contribution in [-0.2, 0) is 0 Å². The van der Waals surface area contributed by atoms with Crippen molar-refractivity contribution in [3.63, 3.8) is 0 Å². The predicted molar refractivity (Wildman–Crippen MR) is 58.0 cm³/mol. The summed E-state index contributed by atoms with van der Waals surface area (Å²) < 4.78 is 0. The molecule has 0 bridgehead atoms. The Morgan fingerprint density at radius 1 is 1.31 bits per heavy atom. The molecule has 0 atom stereocenters. The van der Waals surface area contributed by atoms with Gasteiger partial charge in [0, 0.05) is 6.42 Å². The van der Waals surface area contributed by atoms with E-state index in [1.165, 1.54) is 32.1 Å². The average Bonchev–Trinajstić information content (AvgIpc) is 2.04. The van der Waals surface area contributed by atoms with Gasteiger partial charge in [-0.25, -0.2) is 0 Å². The molecule has 2 heteroatoms. The summed E-state index contributed by atoms with van der Waals surface area (Å²) in [6.07, 6.45) is 8.51. The number of rotatable bonds is 3. The summed E-state index contributed by atoms with van der Waals surface area (Å²) >= 11 is 0. The van der Waals surface area contributed by atoms with E-state index in [0.29, 0.717) is 0 Å². The van der Waals surface area contributed by atoms with E-state index in [9.17, 15) is 0 Å². The van der Waals surface area contributed by atoms with Crippen LogP contribution < -0.4 is 5.73 Å². The van der Waals surface area contributed by atoms with Crippen molar-refractivity contribution in [2.45, 2.75) is 64.3 Å². The number of hydrogen-bond acceptors (Lipinski definition) is 1. The Kier molecular flexibility index (Phi) is 3.76. The van der Waals surface area contributed by atoms with Gasteiger partial charge in [-0.15, -0.1) is 0 Å². The van der Waals surface area contributed by atoms with E-state index < -0.39 is 0 Å². The maximum atomic E-state index is 5.85. The Morgan fingerprint density at radius 2 is 1.92 bits per heavy atom. The minimum Gasteiger partial charge on any atom is -0.387 e. The summed E-state index contributed by atoms with van der Waals surface area (Å²) in [6.45, 7) is 4.39. The zero-order valence-electron chi connectivity index (χ0n) is 8.97. The lowest BCUT2D eigenvalue weighted by Crippen LogP contribution is -2.29. The third-order valence-corrected chi connectivity index (χ3v) is 2.85. The van der Waals surface area contributed by atoms with Gasteiger partial charge in [0.15, 0.2) is 0 Å². The zero-order chi connectivity index (χ0) is 9.73. The number of hydrogen-bond donors (Lipinski definition) is 1. The summed E-state index contributed by atoms with van der Waals surface area (Å²) in [7, 11) is 0. The van der Waals surface area contributed by atoms with Gasteiger partial charge in [-0.05, 0) is 26.2 Å². The van der Waals surface area contributed by atoms with Crippen LogP contribution in [0, 0.1) is 0 Å². The molecule has 0 spiro atoms. The van der Waals surface area contributed by atoms with Crippen LogP contribution in [0.5, 0.6) is 0 Å². The number of aliphatic imine (C=N–C) groups is 1. The average molecular weight is 182 g/mol. The van der Waals surface area contributed by atoms with E-state index in [1.54, 1.807) is 0 Å². The molecule has 0 aromatic carbocycles. The molecule has 0 saturated heterocycles. The molecule has 1 aliphatic rings. The van der Waals surface area contributed by atoms with Crippen LogP contribution in [0.2, 0.25) is 0 Å². The molecule has 0 aliphatic heterocycles. The Labute approximate surface area is 81.6 Å². The Morgan fingerprint density at radius 3 is 2.46 bits per heavy atom. The van der Waals surface area contributed by atoms with Gasteiger partial charge in [0.1, 0.15) is 0 Å². The largest absolute Gasteiger partial charge is 0.387 e. The van der Waals surface area contributed by atoms with E-state index in [0.717, 1.165) is 18.7 Å². The lowest BCUT2D eigenvalue weighted by atomic mass is 9.84. The van der Waals surface area contributed by atoms with E-state index in [2.05, 4.69) is 18.8 Å². The first kappa shape index (κ1) is 10.6. The number of nitrogens with two attached hydrogens (primary N) is 1. The maximum Gasteiger partial charge on any atom is 0.0943 e. The third-order valence-electron chi connectivity index (χ3n) is 2.85. The van der Waals surface area contributed by atoms with E-state index in [4.69, 9.17) is 5.73 Å². The Balaban J connectivity index is 2.52. The summed E-state index contributed by atoms with van der Waals surface area (Å²) in [5, 5.41) is 0. The monoisotopic (exact) mass is 182 g/mol. The SMILES string of the molecule is CCCC(N)=NC1(C)CCCCC1. The van der Waals surface area contributed by atoms with Gasteiger partial charge in [0.25, 0.3) is 0 Å². The molecule has 76 valence electrons. The summed E-state index contributed by atoms with van der Waals surface area (Å²) in [5.41, 5.74) is 6.01. The fraction of sp³-hybridized carbons (Fsp3) is 0.909. The Bertz CT molecular complexity index is 179. The number of nitrogens with zero attached hydrogens (tertiary/aromatic N) is 1. The van der Waals surface area contributed by atoms with Crippen LogP contribution in [0.1, 0.15) is 58.8 Å². The van der Waals surface area contributed by atoms with Gasteiger partial charge in [0.05, 0.1) is 11.4 Å². The van der Waals surface area contributed by atoms with Crippen LogP contribution in [0.3, 0.4) is 0 Å². The summed E-state index contributed by atoms with van der Waals surface area (Å²) in [4.78, 5) is 4.65. The van der Waals surface area contributed by atoms with Crippen molar-refractivity contribution in [2.75, 3.05) is 0 Å². The van der Waals surface area contributed by atoms with E-state index in [1.807, 2.05) is 0 Å². The smallest absolute Gasteiger partial charge is 0.0943 e. The quantitative estimate of drug-likeness (QED) is 0.529. The van der Waals surface area contributed by atoms with Gasteiger partial charge < -0.3 is 5.73 Å². The second kappa shape index (κ2) is 4.64. The zero-order valence-corrected chi connectivity index (χ0v) is 8.97. The molecule has 0 aromatic rings. The highest BCUT2D eigenvalue weighted by Crippen LogP contribution is 2.31. The third kappa shape index (κ3) is 3.37. The van der Waals surface area contributed by atoms with Crippen LogP contribution in [0.25, 0.3) is 0 Å². The van der Waals surface area contributed by atoms with Gasteiger partial charge in [-0.1, -0.05) is 26.2 Å². The molecule has 1 aliphatic carbocycles. The highest BCUT2D eigenvalue weighted by molar-refractivity contribution is 5.80. The lowest BCUT2D eigenvalue weighted by molar-refractivity contribution is 0.324. The Hall–Kier alpha value is -0.530. The van der Waals surface area contributed by atoms with Crippen LogP contribution in [-0.4, -0.2) is 11.4 Å².